The Balaban J connectivity index is 1.30. The number of nitrogen functional groups attached to an aromatic ring is 1. The van der Waals surface area contributed by atoms with Crippen molar-refractivity contribution in [3.8, 4) is 0 Å². The van der Waals surface area contributed by atoms with E-state index in [1.165, 1.54) is 90.9 Å². The molecule has 67 heavy (non-hydrogen) atoms. The molecule has 10 N–H and O–H groups in total. The summed E-state index contributed by atoms with van der Waals surface area (Å²) in [5, 5.41) is 26.7. The van der Waals surface area contributed by atoms with Gasteiger partial charge in [-0.15, -0.1) is 0 Å². The number of aliphatic hydroxyl groups excluding tert-OH is 2. The number of carbonyl (C=O) groups is 3. The van der Waals surface area contributed by atoms with Gasteiger partial charge in [0.2, 0.25) is 11.8 Å². The number of carbonyl (C=O) groups excluding carboxylic acids is 3. The molecular weight excluding hydrogens is 963 g/mol. The number of anilines is 1. The lowest BCUT2D eigenvalue weighted by molar-refractivity contribution is -0.137. The Morgan fingerprint density at radius 1 is 0.851 bits per heavy atom. The molecule has 0 aromatic carbocycles. The molecule has 1 aliphatic heterocycles. The lowest BCUT2D eigenvalue weighted by Gasteiger charge is -2.30. The monoisotopic (exact) mass is 1030 g/mol. The Morgan fingerprint density at radius 3 is 2.03 bits per heavy atom. The van der Waals surface area contributed by atoms with Crippen molar-refractivity contribution in [3.05, 3.63) is 12.7 Å². The predicted octanol–water partition coefficient (Wildman–Crippen LogP) is 4.93. The van der Waals surface area contributed by atoms with E-state index in [0.717, 1.165) is 48.2 Å². The van der Waals surface area contributed by atoms with E-state index in [0.29, 0.717) is 12.2 Å². The second kappa shape index (κ2) is 29.0. The van der Waals surface area contributed by atoms with E-state index in [1.54, 1.807) is 0 Å². The van der Waals surface area contributed by atoms with Crippen LogP contribution in [0, 0.1) is 5.41 Å². The highest BCUT2D eigenvalue weighted by molar-refractivity contribution is 8.13. The first-order valence-electron chi connectivity index (χ1n) is 22.6. The second-order valence-electron chi connectivity index (χ2n) is 17.0. The summed E-state index contributed by atoms with van der Waals surface area (Å²) < 4.78 is 62.4. The summed E-state index contributed by atoms with van der Waals surface area (Å²) in [7, 11) is -16.4. The molecule has 1 saturated heterocycles. The average molecular weight is 1030 g/mol. The van der Waals surface area contributed by atoms with Crippen LogP contribution in [0.25, 0.3) is 11.2 Å². The molecule has 2 amide bonds. The molecule has 3 rings (SSSR count). The molecule has 7 atom stereocenters. The Morgan fingerprint density at radius 2 is 1.43 bits per heavy atom. The largest absolute Gasteiger partial charge is 0.481 e. The smallest absolute Gasteiger partial charge is 0.386 e. The van der Waals surface area contributed by atoms with Gasteiger partial charge in [-0.3, -0.25) is 32.5 Å². The molecule has 1 aliphatic rings. The second-order valence-corrected chi connectivity index (χ2v) is 22.4. The van der Waals surface area contributed by atoms with Crippen molar-refractivity contribution in [2.45, 2.75) is 161 Å². The molecule has 24 nitrogen and oxygen atoms in total. The van der Waals surface area contributed by atoms with E-state index in [2.05, 4.69) is 41.3 Å². The molecule has 3 unspecified atom stereocenters. The first kappa shape index (κ1) is 58.9. The van der Waals surface area contributed by atoms with Crippen LogP contribution in [0.1, 0.15) is 136 Å². The maximum absolute atomic E-state index is 12.7. The highest BCUT2D eigenvalue weighted by atomic mass is 32.2. The number of aliphatic hydroxyl groups is 2. The topological polar surface area (TPSA) is 364 Å². The van der Waals surface area contributed by atoms with Gasteiger partial charge in [0.05, 0.1) is 19.5 Å². The number of amides is 2. The van der Waals surface area contributed by atoms with E-state index in [1.807, 2.05) is 0 Å². The fraction of sp³-hybridized carbons (Fsp3) is 0.795. The maximum Gasteiger partial charge on any atom is 0.481 e. The van der Waals surface area contributed by atoms with Crippen molar-refractivity contribution in [2.24, 2.45) is 5.41 Å². The SMILES string of the molecule is CCCCCCCCCCCCCCCCCC(=O)SCCNC(=O)CCNC(=O)C(O)C(C)(C)COP(=O)(O)OP(=O)(O)OC[C@H]1O[C@@H](n2cnc3c(N)ncnc32)[C@H](O)[C@@H]1OP(=O)(O)O. The van der Waals surface area contributed by atoms with Gasteiger partial charge in [0, 0.05) is 37.1 Å². The van der Waals surface area contributed by atoms with E-state index in [9.17, 15) is 57.9 Å². The number of unbranched alkanes of at least 4 members (excludes halogenated alkanes) is 14. The summed E-state index contributed by atoms with van der Waals surface area (Å²) in [4.78, 5) is 88.4. The summed E-state index contributed by atoms with van der Waals surface area (Å²) in [5.74, 6) is -1.02. The van der Waals surface area contributed by atoms with Crippen LogP contribution in [-0.4, -0.2) is 123 Å². The van der Waals surface area contributed by atoms with Crippen LogP contribution in [0.2, 0.25) is 0 Å². The van der Waals surface area contributed by atoms with Crippen molar-refractivity contribution < 1.29 is 80.5 Å². The highest BCUT2D eigenvalue weighted by Gasteiger charge is 2.50. The molecule has 0 bridgehead atoms. The number of nitrogens with two attached hydrogens (primary N) is 1. The molecule has 0 aliphatic carbocycles. The number of phosphoric ester groups is 3. The molecule has 0 saturated carbocycles. The van der Waals surface area contributed by atoms with Gasteiger partial charge >= 0.3 is 23.5 Å². The molecule has 1 fully saturated rings. The van der Waals surface area contributed by atoms with E-state index < -0.39 is 84.6 Å². The van der Waals surface area contributed by atoms with Crippen molar-refractivity contribution in [3.63, 3.8) is 0 Å². The molecule has 0 spiro atoms. The van der Waals surface area contributed by atoms with Gasteiger partial charge in [0.15, 0.2) is 22.8 Å². The van der Waals surface area contributed by atoms with Gasteiger partial charge in [0.25, 0.3) is 0 Å². The van der Waals surface area contributed by atoms with Crippen LogP contribution in [0.15, 0.2) is 12.7 Å². The summed E-state index contributed by atoms with van der Waals surface area (Å²) in [5.41, 5.74) is 4.29. The first-order chi connectivity index (χ1) is 31.6. The number of aromatic nitrogens is 4. The van der Waals surface area contributed by atoms with Gasteiger partial charge in [-0.1, -0.05) is 122 Å². The molecule has 2 aromatic heterocycles. The minimum absolute atomic E-state index is 0.0340. The summed E-state index contributed by atoms with van der Waals surface area (Å²) in [6.45, 7) is 2.82. The standard InChI is InChI=1S/C39H70N7O17P3S/c1-4-5-6-7-8-9-10-11-12-13-14-15-16-17-18-19-30(48)67-23-22-41-29(47)20-21-42-37(51)34(50)39(2,3)25-60-66(57,58)63-65(55,56)59-24-28-33(62-64(52,53)54)32(49)38(61-28)46-27-45-31-35(40)43-26-44-36(31)46/h26-28,32-34,38,49-50H,4-25H2,1-3H3,(H,41,47)(H,42,51)(H,55,56)(H,57,58)(H2,40,43,44)(H2,52,53,54)/t28-,32-,33-,34?,38-/m1/s1. The summed E-state index contributed by atoms with van der Waals surface area (Å²) in [6, 6.07) is 0. The third-order valence-electron chi connectivity index (χ3n) is 10.7. The minimum Gasteiger partial charge on any atom is -0.386 e. The minimum atomic E-state index is -5.57. The third-order valence-corrected chi connectivity index (χ3v) is 14.8. The van der Waals surface area contributed by atoms with Crippen LogP contribution < -0.4 is 16.4 Å². The number of nitrogens with zero attached hydrogens (tertiary/aromatic N) is 4. The highest BCUT2D eigenvalue weighted by Crippen LogP contribution is 2.61. The lowest BCUT2D eigenvalue weighted by Crippen LogP contribution is -2.46. The zero-order valence-corrected chi connectivity index (χ0v) is 41.9. The Bertz CT molecular complexity index is 2000. The number of hydrogen-bond donors (Lipinski definition) is 9. The lowest BCUT2D eigenvalue weighted by atomic mass is 9.87. The molecule has 0 radical (unpaired) electrons. The first-order valence-corrected chi connectivity index (χ1v) is 28.1. The van der Waals surface area contributed by atoms with Gasteiger partial charge in [-0.2, -0.15) is 4.31 Å². The number of fused-ring (bicyclic) bond motifs is 1. The van der Waals surface area contributed by atoms with Crippen molar-refractivity contribution in [2.75, 3.05) is 37.8 Å². The number of rotatable bonds is 35. The molecule has 28 heteroatoms. The fourth-order valence-electron chi connectivity index (χ4n) is 7.01. The van der Waals surface area contributed by atoms with Gasteiger partial charge in [-0.25, -0.2) is 28.6 Å². The Labute approximate surface area is 395 Å². The van der Waals surface area contributed by atoms with Crippen molar-refractivity contribution in [1.82, 2.24) is 30.2 Å². The average Bonchev–Trinajstić information content (AvgIpc) is 3.81. The maximum atomic E-state index is 12.7. The van der Waals surface area contributed by atoms with Crippen LogP contribution >= 0.6 is 35.2 Å². The van der Waals surface area contributed by atoms with Crippen LogP contribution in [-0.2, 0) is 50.7 Å². The quantitative estimate of drug-likeness (QED) is 0.0326. The number of thioether (sulfide) groups is 1. The zero-order valence-electron chi connectivity index (χ0n) is 38.4. The number of ether oxygens (including phenoxy) is 1. The van der Waals surface area contributed by atoms with E-state index in [4.69, 9.17) is 19.5 Å². The Kier molecular flexibility index (Phi) is 25.5. The van der Waals surface area contributed by atoms with E-state index >= 15 is 0 Å². The van der Waals surface area contributed by atoms with Crippen LogP contribution in [0.3, 0.4) is 0 Å². The van der Waals surface area contributed by atoms with Gasteiger partial charge < -0.3 is 50.9 Å². The van der Waals surface area contributed by atoms with E-state index in [-0.39, 0.29) is 41.6 Å². The third kappa shape index (κ3) is 22.0. The Hall–Kier alpha value is -2.44. The summed E-state index contributed by atoms with van der Waals surface area (Å²) in [6.07, 6.45) is 12.3. The molecule has 384 valence electrons. The van der Waals surface area contributed by atoms with Crippen LogP contribution in [0.4, 0.5) is 5.82 Å². The van der Waals surface area contributed by atoms with Crippen LogP contribution in [0.5, 0.6) is 0 Å². The number of imidazole rings is 1. The summed E-state index contributed by atoms with van der Waals surface area (Å²) >= 11 is 1.16. The van der Waals surface area contributed by atoms with Crippen molar-refractivity contribution >= 4 is 69.1 Å². The van der Waals surface area contributed by atoms with Crippen molar-refractivity contribution in [1.29, 1.82) is 0 Å². The molecular formula is C39H70N7O17P3S. The molecule has 3 heterocycles. The fourth-order valence-corrected chi connectivity index (χ4v) is 10.6. The number of hydrogen-bond acceptors (Lipinski definition) is 18. The predicted molar refractivity (Wildman–Crippen MR) is 247 cm³/mol. The number of phosphoric acid groups is 3. The normalized spacial score (nSPS) is 20.1. The molecule has 2 aromatic rings. The van der Waals surface area contributed by atoms with Gasteiger partial charge in [0.1, 0.15) is 36.3 Å². The number of nitrogens with one attached hydrogen (secondary N) is 2. The van der Waals surface area contributed by atoms with Gasteiger partial charge in [-0.05, 0) is 6.42 Å². The zero-order chi connectivity index (χ0) is 49.7.